The Balaban J connectivity index is 2.14. The van der Waals surface area contributed by atoms with Crippen molar-refractivity contribution in [1.82, 2.24) is 10.3 Å². The van der Waals surface area contributed by atoms with Gasteiger partial charge in [-0.2, -0.15) is 0 Å². The molecular weight excluding hydrogens is 290 g/mol. The van der Waals surface area contributed by atoms with Crippen LogP contribution in [-0.2, 0) is 4.79 Å². The van der Waals surface area contributed by atoms with E-state index < -0.39 is 17.9 Å². The Morgan fingerprint density at radius 1 is 1.33 bits per heavy atom. The lowest BCUT2D eigenvalue weighted by molar-refractivity contribution is -0.139. The molecule has 21 heavy (non-hydrogen) atoms. The van der Waals surface area contributed by atoms with E-state index in [9.17, 15) is 14.7 Å². The molecule has 0 fully saturated rings. The Morgan fingerprint density at radius 2 is 2.10 bits per heavy atom. The molecule has 0 aliphatic carbocycles. The SMILES string of the molecule is CN(C)c1ccc(C(=O)NC(C(=O)O)c2cccs2)cn1. The van der Waals surface area contributed by atoms with E-state index >= 15 is 0 Å². The monoisotopic (exact) mass is 305 g/mol. The number of hydrogen-bond acceptors (Lipinski definition) is 5. The van der Waals surface area contributed by atoms with Crippen LogP contribution in [0.1, 0.15) is 21.3 Å². The fourth-order valence-electron chi connectivity index (χ4n) is 1.71. The molecule has 110 valence electrons. The van der Waals surface area contributed by atoms with Gasteiger partial charge in [-0.05, 0) is 23.6 Å². The lowest BCUT2D eigenvalue weighted by Crippen LogP contribution is -2.33. The zero-order chi connectivity index (χ0) is 15.4. The third-order valence-electron chi connectivity index (χ3n) is 2.82. The van der Waals surface area contributed by atoms with Crippen molar-refractivity contribution in [1.29, 1.82) is 0 Å². The third-order valence-corrected chi connectivity index (χ3v) is 3.76. The van der Waals surface area contributed by atoms with Crippen molar-refractivity contribution < 1.29 is 14.7 Å². The van der Waals surface area contributed by atoms with Gasteiger partial charge in [0.15, 0.2) is 6.04 Å². The lowest BCUT2D eigenvalue weighted by atomic mass is 10.2. The smallest absolute Gasteiger partial charge is 0.331 e. The summed E-state index contributed by atoms with van der Waals surface area (Å²) in [6.45, 7) is 0. The minimum Gasteiger partial charge on any atom is -0.479 e. The van der Waals surface area contributed by atoms with Gasteiger partial charge in [-0.1, -0.05) is 6.07 Å². The van der Waals surface area contributed by atoms with Crippen molar-refractivity contribution in [3.63, 3.8) is 0 Å². The van der Waals surface area contributed by atoms with Crippen molar-refractivity contribution in [3.8, 4) is 0 Å². The molecule has 2 N–H and O–H groups in total. The summed E-state index contributed by atoms with van der Waals surface area (Å²) in [4.78, 5) is 29.9. The number of thiophene rings is 1. The maximum absolute atomic E-state index is 12.1. The van der Waals surface area contributed by atoms with Gasteiger partial charge in [-0.15, -0.1) is 11.3 Å². The third kappa shape index (κ3) is 3.57. The number of carboxylic acid groups (broad SMARTS) is 1. The molecule has 0 saturated carbocycles. The molecule has 0 aliphatic heterocycles. The van der Waals surface area contributed by atoms with Crippen LogP contribution in [0.5, 0.6) is 0 Å². The second-order valence-corrected chi connectivity index (χ2v) is 5.54. The number of aromatic nitrogens is 1. The first-order valence-electron chi connectivity index (χ1n) is 6.19. The molecule has 2 heterocycles. The van der Waals surface area contributed by atoms with Gasteiger partial charge in [0, 0.05) is 25.2 Å². The average molecular weight is 305 g/mol. The van der Waals surface area contributed by atoms with E-state index in [1.807, 2.05) is 19.0 Å². The summed E-state index contributed by atoms with van der Waals surface area (Å²) < 4.78 is 0. The summed E-state index contributed by atoms with van der Waals surface area (Å²) in [5, 5.41) is 13.5. The summed E-state index contributed by atoms with van der Waals surface area (Å²) >= 11 is 1.29. The highest BCUT2D eigenvalue weighted by molar-refractivity contribution is 7.10. The molecule has 7 heteroatoms. The zero-order valence-corrected chi connectivity index (χ0v) is 12.4. The largest absolute Gasteiger partial charge is 0.479 e. The summed E-state index contributed by atoms with van der Waals surface area (Å²) in [6, 6.07) is 5.69. The van der Waals surface area contributed by atoms with Gasteiger partial charge in [-0.25, -0.2) is 9.78 Å². The minimum absolute atomic E-state index is 0.323. The Labute approximate surface area is 126 Å². The number of anilines is 1. The highest BCUT2D eigenvalue weighted by Crippen LogP contribution is 2.20. The lowest BCUT2D eigenvalue weighted by Gasteiger charge is -2.14. The topological polar surface area (TPSA) is 82.5 Å². The number of nitrogens with one attached hydrogen (secondary N) is 1. The van der Waals surface area contributed by atoms with E-state index in [1.165, 1.54) is 17.5 Å². The van der Waals surface area contributed by atoms with Crippen LogP contribution in [0.25, 0.3) is 0 Å². The van der Waals surface area contributed by atoms with Crippen LogP contribution in [0.2, 0.25) is 0 Å². The van der Waals surface area contributed by atoms with E-state index in [1.54, 1.807) is 29.6 Å². The Morgan fingerprint density at radius 3 is 2.57 bits per heavy atom. The maximum atomic E-state index is 12.1. The van der Waals surface area contributed by atoms with Crippen molar-refractivity contribution in [2.45, 2.75) is 6.04 Å². The maximum Gasteiger partial charge on any atom is 0.331 e. The van der Waals surface area contributed by atoms with Crippen molar-refractivity contribution in [2.75, 3.05) is 19.0 Å². The van der Waals surface area contributed by atoms with Crippen molar-refractivity contribution >= 4 is 29.0 Å². The number of hydrogen-bond donors (Lipinski definition) is 2. The standard InChI is InChI=1S/C14H15N3O3S/c1-17(2)11-6-5-9(8-15-11)13(18)16-12(14(19)20)10-4-3-7-21-10/h3-8,12H,1-2H3,(H,16,18)(H,19,20). The van der Waals surface area contributed by atoms with Gasteiger partial charge >= 0.3 is 5.97 Å². The fraction of sp³-hybridized carbons (Fsp3) is 0.214. The number of rotatable bonds is 5. The molecule has 6 nitrogen and oxygen atoms in total. The van der Waals surface area contributed by atoms with E-state index in [0.29, 0.717) is 10.4 Å². The molecular formula is C14H15N3O3S. The van der Waals surface area contributed by atoms with Crippen LogP contribution in [0.4, 0.5) is 5.82 Å². The highest BCUT2D eigenvalue weighted by Gasteiger charge is 2.23. The van der Waals surface area contributed by atoms with Gasteiger partial charge in [-0.3, -0.25) is 4.79 Å². The van der Waals surface area contributed by atoms with Crippen molar-refractivity contribution in [2.24, 2.45) is 0 Å². The molecule has 0 saturated heterocycles. The van der Waals surface area contributed by atoms with Crippen LogP contribution in [0.15, 0.2) is 35.8 Å². The van der Waals surface area contributed by atoms with Crippen LogP contribution in [-0.4, -0.2) is 36.1 Å². The molecule has 1 amide bonds. The number of amides is 1. The first-order chi connectivity index (χ1) is 9.99. The molecule has 0 radical (unpaired) electrons. The predicted octanol–water partition coefficient (Wildman–Crippen LogP) is 1.76. The Kier molecular flexibility index (Phi) is 4.54. The van der Waals surface area contributed by atoms with Crippen LogP contribution >= 0.6 is 11.3 Å². The number of nitrogens with zero attached hydrogens (tertiary/aromatic N) is 2. The van der Waals surface area contributed by atoms with Gasteiger partial charge in [0.25, 0.3) is 5.91 Å². The summed E-state index contributed by atoms with van der Waals surface area (Å²) in [7, 11) is 3.69. The Hall–Kier alpha value is -2.41. The first-order valence-corrected chi connectivity index (χ1v) is 7.07. The molecule has 0 spiro atoms. The van der Waals surface area contributed by atoms with Gasteiger partial charge in [0.2, 0.25) is 0 Å². The number of carbonyl (C=O) groups excluding carboxylic acids is 1. The van der Waals surface area contributed by atoms with Gasteiger partial charge in [0.1, 0.15) is 5.82 Å². The van der Waals surface area contributed by atoms with Crippen molar-refractivity contribution in [3.05, 3.63) is 46.3 Å². The summed E-state index contributed by atoms with van der Waals surface area (Å²) in [5.74, 6) is -0.836. The normalized spacial score (nSPS) is 11.7. The molecule has 1 atom stereocenters. The summed E-state index contributed by atoms with van der Waals surface area (Å²) in [6.07, 6.45) is 1.43. The molecule has 1 unspecified atom stereocenters. The average Bonchev–Trinajstić information content (AvgIpc) is 2.98. The molecule has 0 aliphatic rings. The van der Waals surface area contributed by atoms with E-state index in [2.05, 4.69) is 10.3 Å². The zero-order valence-electron chi connectivity index (χ0n) is 11.6. The molecule has 2 rings (SSSR count). The van der Waals surface area contributed by atoms with E-state index in [-0.39, 0.29) is 0 Å². The Bertz CT molecular complexity index is 623. The molecule has 2 aromatic heterocycles. The second-order valence-electron chi connectivity index (χ2n) is 4.56. The molecule has 0 bridgehead atoms. The second kappa shape index (κ2) is 6.36. The van der Waals surface area contributed by atoms with Crippen LogP contribution < -0.4 is 10.2 Å². The first kappa shape index (κ1) is 15.0. The van der Waals surface area contributed by atoms with Gasteiger partial charge in [0.05, 0.1) is 5.56 Å². The quantitative estimate of drug-likeness (QED) is 0.879. The minimum atomic E-state index is -1.09. The number of aliphatic carboxylic acids is 1. The molecule has 0 aromatic carbocycles. The van der Waals surface area contributed by atoms with E-state index in [0.717, 1.165) is 5.82 Å². The molecule has 2 aromatic rings. The highest BCUT2D eigenvalue weighted by atomic mass is 32.1. The predicted molar refractivity (Wildman–Crippen MR) is 80.7 cm³/mol. The van der Waals surface area contributed by atoms with Gasteiger partial charge < -0.3 is 15.3 Å². The fourth-order valence-corrected chi connectivity index (χ4v) is 2.48. The number of pyridine rings is 1. The number of carbonyl (C=O) groups is 2. The van der Waals surface area contributed by atoms with E-state index in [4.69, 9.17) is 0 Å². The number of carboxylic acids is 1. The van der Waals surface area contributed by atoms with Crippen LogP contribution in [0, 0.1) is 0 Å². The van der Waals surface area contributed by atoms with Crippen LogP contribution in [0.3, 0.4) is 0 Å². The summed E-state index contributed by atoms with van der Waals surface area (Å²) in [5.41, 5.74) is 0.323.